The zero-order valence-electron chi connectivity index (χ0n) is 13.4. The van der Waals surface area contributed by atoms with Crippen molar-refractivity contribution in [1.29, 1.82) is 0 Å². The second kappa shape index (κ2) is 5.83. The van der Waals surface area contributed by atoms with Crippen molar-refractivity contribution in [2.24, 2.45) is 5.41 Å². The molecule has 0 bridgehead atoms. The average Bonchev–Trinajstić information content (AvgIpc) is 3.27. The van der Waals surface area contributed by atoms with Gasteiger partial charge in [0.25, 0.3) is 0 Å². The van der Waals surface area contributed by atoms with Gasteiger partial charge in [0.2, 0.25) is 10.0 Å². The first-order chi connectivity index (χ1) is 11.1. The fourth-order valence-corrected chi connectivity index (χ4v) is 6.46. The van der Waals surface area contributed by atoms with Crippen molar-refractivity contribution in [3.8, 4) is 0 Å². The van der Waals surface area contributed by atoms with E-state index in [1.54, 1.807) is 0 Å². The van der Waals surface area contributed by atoms with E-state index in [9.17, 15) is 8.42 Å². The van der Waals surface area contributed by atoms with Crippen LogP contribution < -0.4 is 4.72 Å². The number of nitrogens with zero attached hydrogens (tertiary/aromatic N) is 2. The normalized spacial score (nSPS) is 27.7. The van der Waals surface area contributed by atoms with Crippen LogP contribution in [0.1, 0.15) is 44.2 Å². The number of likely N-dealkylation sites (tertiary alicyclic amines) is 1. The molecule has 1 spiro atoms. The molecule has 1 N–H and O–H groups in total. The van der Waals surface area contributed by atoms with Crippen molar-refractivity contribution in [3.05, 3.63) is 30.1 Å². The van der Waals surface area contributed by atoms with Crippen LogP contribution in [0.3, 0.4) is 0 Å². The Morgan fingerprint density at radius 2 is 2.04 bits per heavy atom. The van der Waals surface area contributed by atoms with E-state index in [2.05, 4.69) is 14.6 Å². The molecule has 126 valence electrons. The molecule has 5 nitrogen and oxygen atoms in total. The lowest BCUT2D eigenvalue weighted by atomic mass is 9.82. The van der Waals surface area contributed by atoms with Crippen LogP contribution in [0.25, 0.3) is 0 Å². The lowest BCUT2D eigenvalue weighted by Gasteiger charge is -2.32. The monoisotopic (exact) mass is 335 g/mol. The molecule has 1 saturated heterocycles. The average molecular weight is 335 g/mol. The predicted octanol–water partition coefficient (Wildman–Crippen LogP) is 1.91. The van der Waals surface area contributed by atoms with Gasteiger partial charge >= 0.3 is 0 Å². The van der Waals surface area contributed by atoms with Gasteiger partial charge in [-0.25, -0.2) is 13.1 Å². The molecular weight excluding hydrogens is 310 g/mol. The van der Waals surface area contributed by atoms with Gasteiger partial charge in [0.1, 0.15) is 0 Å². The molecule has 4 rings (SSSR count). The maximum absolute atomic E-state index is 12.5. The third kappa shape index (κ3) is 3.16. The van der Waals surface area contributed by atoms with E-state index >= 15 is 0 Å². The SMILES string of the molecule is O=S(=O)(NC1CCN(Cc2ccccn2)CC1)C1CC12CCC2. The van der Waals surface area contributed by atoms with Gasteiger partial charge in [-0.1, -0.05) is 12.5 Å². The molecular formula is C17H25N3O2S. The number of hydrogen-bond acceptors (Lipinski definition) is 4. The molecule has 2 aliphatic carbocycles. The van der Waals surface area contributed by atoms with Gasteiger partial charge in [-0.2, -0.15) is 0 Å². The fourth-order valence-electron chi connectivity index (χ4n) is 4.15. The van der Waals surface area contributed by atoms with E-state index in [1.807, 2.05) is 24.4 Å². The van der Waals surface area contributed by atoms with Crippen molar-refractivity contribution in [2.45, 2.75) is 56.4 Å². The van der Waals surface area contributed by atoms with Crippen molar-refractivity contribution < 1.29 is 8.42 Å². The van der Waals surface area contributed by atoms with Crippen LogP contribution in [0.4, 0.5) is 0 Å². The minimum absolute atomic E-state index is 0.102. The van der Waals surface area contributed by atoms with Crippen LogP contribution in [0.15, 0.2) is 24.4 Å². The molecule has 3 aliphatic rings. The topological polar surface area (TPSA) is 62.3 Å². The Hall–Kier alpha value is -0.980. The number of aromatic nitrogens is 1. The van der Waals surface area contributed by atoms with Gasteiger partial charge in [-0.15, -0.1) is 0 Å². The fraction of sp³-hybridized carbons (Fsp3) is 0.706. The second-order valence-electron chi connectivity index (χ2n) is 7.44. The molecule has 0 aromatic carbocycles. The van der Waals surface area contributed by atoms with E-state index in [0.717, 1.165) is 57.4 Å². The summed E-state index contributed by atoms with van der Waals surface area (Å²) >= 11 is 0. The molecule has 6 heteroatoms. The van der Waals surface area contributed by atoms with Crippen LogP contribution in [-0.2, 0) is 16.6 Å². The maximum Gasteiger partial charge on any atom is 0.215 e. The maximum atomic E-state index is 12.5. The van der Waals surface area contributed by atoms with E-state index in [4.69, 9.17) is 0 Å². The highest BCUT2D eigenvalue weighted by Gasteiger charge is 2.63. The van der Waals surface area contributed by atoms with Crippen molar-refractivity contribution >= 4 is 10.0 Å². The molecule has 1 aromatic rings. The summed E-state index contributed by atoms with van der Waals surface area (Å²) in [4.78, 5) is 6.72. The largest absolute Gasteiger partial charge is 0.297 e. The molecule has 1 aromatic heterocycles. The Morgan fingerprint density at radius 1 is 1.26 bits per heavy atom. The third-order valence-corrected chi connectivity index (χ3v) is 7.95. The molecule has 2 heterocycles. The third-order valence-electron chi connectivity index (χ3n) is 5.87. The van der Waals surface area contributed by atoms with Gasteiger partial charge in [0.05, 0.1) is 10.9 Å². The first kappa shape index (κ1) is 15.5. The molecule has 1 unspecified atom stereocenters. The Balaban J connectivity index is 1.27. The van der Waals surface area contributed by atoms with Gasteiger partial charge in [-0.05, 0) is 49.7 Å². The summed E-state index contributed by atoms with van der Waals surface area (Å²) in [6.45, 7) is 2.71. The summed E-state index contributed by atoms with van der Waals surface area (Å²) in [5.41, 5.74) is 1.25. The number of hydrogen-bond donors (Lipinski definition) is 1. The summed E-state index contributed by atoms with van der Waals surface area (Å²) in [5.74, 6) is 0. The number of pyridine rings is 1. The number of sulfonamides is 1. The van der Waals surface area contributed by atoms with Crippen molar-refractivity contribution in [1.82, 2.24) is 14.6 Å². The van der Waals surface area contributed by atoms with Crippen LogP contribution in [-0.4, -0.2) is 42.7 Å². The van der Waals surface area contributed by atoms with Crippen molar-refractivity contribution in [2.75, 3.05) is 13.1 Å². The first-order valence-electron chi connectivity index (χ1n) is 8.71. The molecule has 3 fully saturated rings. The number of piperidine rings is 1. The van der Waals surface area contributed by atoms with Crippen LogP contribution in [0.2, 0.25) is 0 Å². The standard InChI is InChI=1S/C17H25N3O2S/c21-23(22,16-12-17(16)7-3-8-17)19-14-5-10-20(11-6-14)13-15-4-1-2-9-18-15/h1-2,4,9,14,16,19H,3,5-8,10-13H2. The summed E-state index contributed by atoms with van der Waals surface area (Å²) < 4.78 is 28.0. The first-order valence-corrected chi connectivity index (χ1v) is 10.3. The molecule has 2 saturated carbocycles. The Morgan fingerprint density at radius 3 is 2.61 bits per heavy atom. The number of rotatable bonds is 5. The summed E-state index contributed by atoms with van der Waals surface area (Å²) in [6, 6.07) is 6.09. The summed E-state index contributed by atoms with van der Waals surface area (Å²) in [7, 11) is -3.11. The van der Waals surface area contributed by atoms with Crippen molar-refractivity contribution in [3.63, 3.8) is 0 Å². The molecule has 0 radical (unpaired) electrons. The van der Waals surface area contributed by atoms with E-state index in [0.29, 0.717) is 0 Å². The lowest BCUT2D eigenvalue weighted by molar-refractivity contribution is 0.197. The highest BCUT2D eigenvalue weighted by atomic mass is 32.2. The van der Waals surface area contributed by atoms with Gasteiger partial charge < -0.3 is 0 Å². The molecule has 1 aliphatic heterocycles. The molecule has 0 amide bonds. The highest BCUT2D eigenvalue weighted by molar-refractivity contribution is 7.90. The number of nitrogens with one attached hydrogen (secondary N) is 1. The zero-order chi connectivity index (χ0) is 15.9. The predicted molar refractivity (Wildman–Crippen MR) is 89.3 cm³/mol. The Kier molecular flexibility index (Phi) is 3.94. The minimum atomic E-state index is -3.11. The Bertz CT molecular complexity index is 650. The van der Waals surface area contributed by atoms with Crippen LogP contribution in [0, 0.1) is 5.41 Å². The van der Waals surface area contributed by atoms with Crippen LogP contribution >= 0.6 is 0 Å². The minimum Gasteiger partial charge on any atom is -0.297 e. The van der Waals surface area contributed by atoms with Gasteiger partial charge in [0, 0.05) is 31.9 Å². The van der Waals surface area contributed by atoms with Gasteiger partial charge in [0.15, 0.2) is 0 Å². The summed E-state index contributed by atoms with van der Waals surface area (Å²) in [5, 5.41) is -0.102. The van der Waals surface area contributed by atoms with Gasteiger partial charge in [-0.3, -0.25) is 9.88 Å². The van der Waals surface area contributed by atoms with E-state index < -0.39 is 10.0 Å². The zero-order valence-corrected chi connectivity index (χ0v) is 14.3. The van der Waals surface area contributed by atoms with E-state index in [1.165, 1.54) is 6.42 Å². The van der Waals surface area contributed by atoms with E-state index in [-0.39, 0.29) is 16.7 Å². The Labute approximate surface area is 138 Å². The molecule has 1 atom stereocenters. The second-order valence-corrected chi connectivity index (χ2v) is 9.34. The molecule has 23 heavy (non-hydrogen) atoms. The lowest BCUT2D eigenvalue weighted by Crippen LogP contribution is -2.46. The smallest absolute Gasteiger partial charge is 0.215 e. The summed E-state index contributed by atoms with van der Waals surface area (Å²) in [6.07, 6.45) is 7.93. The van der Waals surface area contributed by atoms with Crippen LogP contribution in [0.5, 0.6) is 0 Å². The quantitative estimate of drug-likeness (QED) is 0.893. The highest BCUT2D eigenvalue weighted by Crippen LogP contribution is 2.63.